The maximum Gasteiger partial charge on any atom is 0.338 e. The molecular formula is C126H144N4O20. The minimum absolute atomic E-state index is 0.0750. The lowest BCUT2D eigenvalue weighted by atomic mass is 10.00. The summed E-state index contributed by atoms with van der Waals surface area (Å²) < 4.78 is 76.3. The molecule has 0 aliphatic carbocycles. The number of fused-ring (bicyclic) bond motifs is 4. The van der Waals surface area contributed by atoms with Gasteiger partial charge in [-0.15, -0.1) is 0 Å². The molecule has 0 radical (unpaired) electrons. The maximum atomic E-state index is 12.3. The van der Waals surface area contributed by atoms with Gasteiger partial charge in [-0.25, -0.2) is 19.2 Å². The second-order valence-electron chi connectivity index (χ2n) is 38.5. The van der Waals surface area contributed by atoms with Crippen molar-refractivity contribution in [2.45, 2.75) is 182 Å². The van der Waals surface area contributed by atoms with Crippen molar-refractivity contribution in [3.8, 4) is 46.0 Å². The summed E-state index contributed by atoms with van der Waals surface area (Å²) in [4.78, 5) is 49.1. The number of nitrogens with zero attached hydrogens (tertiary/aromatic N) is 4. The lowest BCUT2D eigenvalue weighted by Gasteiger charge is -2.17. The standard InChI is InChI=1S/C33H39NO5.C32H37NO5.C31H35NO5.C30H33NO5/c1-23(2)11-10-12-24-17-31(37-3)29(32(18-24)38-4)21-34-20-26(28-15-8-9-16-30(28)34)19-27(35)22-39-33(36)25-13-6-5-7-14-25;1-4-5-7-12-23-17-30(36-2)28(31(18-23)37-3)21-33-20-25(27-15-10-11-16-29(27)33)19-26(34)22-38-32(35)24-13-8-6-9-14-24;1-21(2)14-22-15-29(35-3)27(30(16-22)36-4)19-32-18-24(26-12-8-9-13-28(26)32)17-25(33)20-37-31(34)23-10-6-5-7-11-23;1-4-10-21-15-28(34-2)26(29(16-21)35-3)19-31-18-23(25-13-8-9-14-27(25)31)17-24(32)20-36-30(33)22-11-6-5-7-12-22/h5-9,13-18,20,23,27,35H,10-12,19,21-22H2,1-4H3;6,8-11,13-18,20,26,34H,4-5,7,12,19,21-22H2,1-3H3;5-13,15-16,18,21,25,33H,14,17,19-20H2,1-4H3;5-9,11-16,18,24,32H,4,10,17,19-20H2,1-3H3/t27-;26-;25-;24-/m0000/s1. The van der Waals surface area contributed by atoms with Crippen LogP contribution in [0.4, 0.5) is 0 Å². The van der Waals surface area contributed by atoms with E-state index >= 15 is 0 Å². The minimum atomic E-state index is -0.828. The van der Waals surface area contributed by atoms with Crippen LogP contribution in [-0.2, 0) is 96.5 Å². The highest BCUT2D eigenvalue weighted by molar-refractivity contribution is 5.92. The summed E-state index contributed by atoms with van der Waals surface area (Å²) >= 11 is 0. The van der Waals surface area contributed by atoms with Crippen LogP contribution >= 0.6 is 0 Å². The molecule has 24 nitrogen and oxygen atoms in total. The van der Waals surface area contributed by atoms with E-state index in [1.54, 1.807) is 154 Å². The lowest BCUT2D eigenvalue weighted by Crippen LogP contribution is -2.21. The summed E-state index contributed by atoms with van der Waals surface area (Å²) in [7, 11) is 13.5. The van der Waals surface area contributed by atoms with Crippen molar-refractivity contribution in [3.63, 3.8) is 0 Å². The van der Waals surface area contributed by atoms with Crippen molar-refractivity contribution in [1.29, 1.82) is 0 Å². The Kier molecular flexibility index (Phi) is 42.1. The fourth-order valence-corrected chi connectivity index (χ4v) is 19.1. The van der Waals surface area contributed by atoms with E-state index in [0.29, 0.717) is 86.0 Å². The van der Waals surface area contributed by atoms with Crippen LogP contribution in [0, 0.1) is 11.8 Å². The van der Waals surface area contributed by atoms with E-state index in [1.807, 2.05) is 97.3 Å². The number of aliphatic hydroxyl groups excluding tert-OH is 4. The fraction of sp³-hybridized carbons (Fsp3) is 0.333. The molecule has 150 heavy (non-hydrogen) atoms. The molecule has 0 spiro atoms. The molecule has 16 aromatic rings. The molecule has 0 amide bonds. The number of unbranched alkanes of at least 4 members (excludes halogenated alkanes) is 2. The Morgan fingerprint density at radius 3 is 0.713 bits per heavy atom. The van der Waals surface area contributed by atoms with E-state index in [1.165, 1.54) is 41.5 Å². The Morgan fingerprint density at radius 2 is 0.487 bits per heavy atom. The zero-order valence-electron chi connectivity index (χ0n) is 88.8. The first-order chi connectivity index (χ1) is 72.8. The molecule has 0 aliphatic rings. The van der Waals surface area contributed by atoms with E-state index in [9.17, 15) is 39.6 Å². The Hall–Kier alpha value is -15.1. The maximum absolute atomic E-state index is 12.3. The lowest BCUT2D eigenvalue weighted by molar-refractivity contribution is 0.0256. The number of carbonyl (C=O) groups excluding carboxylic acids is 4. The first-order valence-electron chi connectivity index (χ1n) is 51.7. The molecule has 788 valence electrons. The summed E-state index contributed by atoms with van der Waals surface area (Å²) in [5.41, 5.74) is 18.6. The quantitative estimate of drug-likeness (QED) is 0.0157. The number of hydrogen-bond donors (Lipinski definition) is 4. The van der Waals surface area contributed by atoms with Crippen LogP contribution in [0.2, 0.25) is 0 Å². The Labute approximate surface area is 880 Å². The fourth-order valence-electron chi connectivity index (χ4n) is 19.1. The number of para-hydroxylation sites is 4. The van der Waals surface area contributed by atoms with Gasteiger partial charge in [-0.2, -0.15) is 0 Å². The van der Waals surface area contributed by atoms with Crippen LogP contribution in [0.3, 0.4) is 0 Å². The number of rotatable bonds is 48. The number of benzene rings is 12. The van der Waals surface area contributed by atoms with E-state index in [4.69, 9.17) is 56.8 Å². The van der Waals surface area contributed by atoms with Gasteiger partial charge < -0.3 is 95.5 Å². The SMILES string of the molecule is CCCCCc1cc(OC)c(Cn2cc(C[C@H](O)COC(=O)c3ccccc3)c3ccccc32)c(OC)c1.CCCc1cc(OC)c(Cn2cc(C[C@H](O)COC(=O)c3ccccc3)c3ccccc32)c(OC)c1.COc1cc(CC(C)C)cc(OC)c1Cn1cc(C[C@H](O)COC(=O)c2ccccc2)c2ccccc21.COc1cc(CCCC(C)C)cc(OC)c1Cn1cc(C[C@H](O)COC(=O)c2ccccc2)c2ccccc21. The summed E-state index contributed by atoms with van der Waals surface area (Å²) in [6.45, 7) is 15.1. The number of aromatic nitrogens is 4. The van der Waals surface area contributed by atoms with Crippen molar-refractivity contribution in [3.05, 3.63) is 381 Å². The van der Waals surface area contributed by atoms with Crippen LogP contribution in [0.15, 0.2) is 292 Å². The van der Waals surface area contributed by atoms with Gasteiger partial charge in [0.2, 0.25) is 0 Å². The van der Waals surface area contributed by atoms with Crippen LogP contribution in [0.25, 0.3) is 43.6 Å². The first-order valence-corrected chi connectivity index (χ1v) is 51.7. The normalized spacial score (nSPS) is 12.0. The zero-order valence-corrected chi connectivity index (χ0v) is 88.8. The second kappa shape index (κ2) is 56.3. The molecule has 0 saturated heterocycles. The molecular weight excluding hydrogens is 1890 g/mol. The zero-order chi connectivity index (χ0) is 107. The van der Waals surface area contributed by atoms with Crippen LogP contribution < -0.4 is 37.9 Å². The average molecular weight is 2030 g/mol. The molecule has 16 rings (SSSR count). The molecule has 0 unspecified atom stereocenters. The molecule has 4 aromatic heterocycles. The number of aryl methyl sites for hydroxylation is 3. The van der Waals surface area contributed by atoms with Crippen molar-refractivity contribution in [2.75, 3.05) is 83.3 Å². The van der Waals surface area contributed by atoms with Gasteiger partial charge in [-0.1, -0.05) is 213 Å². The third-order valence-electron chi connectivity index (χ3n) is 26.5. The van der Waals surface area contributed by atoms with Crippen LogP contribution in [0.5, 0.6) is 46.0 Å². The van der Waals surface area contributed by atoms with Crippen LogP contribution in [-0.4, -0.2) is 170 Å². The molecule has 0 fully saturated rings. The van der Waals surface area contributed by atoms with Gasteiger partial charge >= 0.3 is 23.9 Å². The predicted octanol–water partition coefficient (Wildman–Crippen LogP) is 23.7. The van der Waals surface area contributed by atoms with Gasteiger partial charge in [0, 0.05) is 94.1 Å². The van der Waals surface area contributed by atoms with E-state index < -0.39 is 48.3 Å². The monoisotopic (exact) mass is 2030 g/mol. The van der Waals surface area contributed by atoms with Gasteiger partial charge in [0.05, 0.1) is 152 Å². The second-order valence-corrected chi connectivity index (χ2v) is 38.5. The van der Waals surface area contributed by atoms with E-state index in [0.717, 1.165) is 179 Å². The van der Waals surface area contributed by atoms with Gasteiger partial charge in [0.15, 0.2) is 0 Å². The van der Waals surface area contributed by atoms with E-state index in [2.05, 4.69) is 157 Å². The number of hydrogen-bond acceptors (Lipinski definition) is 20. The summed E-state index contributed by atoms with van der Waals surface area (Å²) in [6.07, 6.45) is 17.1. The van der Waals surface area contributed by atoms with Gasteiger partial charge in [0.25, 0.3) is 0 Å². The largest absolute Gasteiger partial charge is 0.496 e. The number of ether oxygens (including phenoxy) is 12. The smallest absolute Gasteiger partial charge is 0.338 e. The van der Waals surface area contributed by atoms with Gasteiger partial charge in [-0.05, 0) is 216 Å². The highest BCUT2D eigenvalue weighted by Crippen LogP contribution is 2.41. The predicted molar refractivity (Wildman–Crippen MR) is 592 cm³/mol. The molecule has 0 aliphatic heterocycles. The average Bonchev–Trinajstić information content (AvgIpc) is 1.63. The van der Waals surface area contributed by atoms with Crippen LogP contribution in [0.1, 0.15) is 188 Å². The third kappa shape index (κ3) is 30.6. The first kappa shape index (κ1) is 112. The topological polar surface area (TPSA) is 280 Å². The number of esters is 4. The molecule has 0 saturated carbocycles. The van der Waals surface area contributed by atoms with Gasteiger partial charge in [-0.3, -0.25) is 0 Å². The molecule has 24 heteroatoms. The number of aliphatic hydroxyl groups is 4. The minimum Gasteiger partial charge on any atom is -0.496 e. The van der Waals surface area contributed by atoms with Crippen molar-refractivity contribution in [2.24, 2.45) is 11.8 Å². The summed E-state index contributed by atoms with van der Waals surface area (Å²) in [6, 6.07) is 84.4. The highest BCUT2D eigenvalue weighted by atomic mass is 16.6. The molecule has 0 bridgehead atoms. The number of carbonyl (C=O) groups is 4. The molecule has 12 aromatic carbocycles. The van der Waals surface area contributed by atoms with E-state index in [-0.39, 0.29) is 26.4 Å². The van der Waals surface area contributed by atoms with Crippen molar-refractivity contribution in [1.82, 2.24) is 18.3 Å². The third-order valence-corrected chi connectivity index (χ3v) is 26.5. The Bertz CT molecular complexity index is 6950. The van der Waals surface area contributed by atoms with Gasteiger partial charge in [0.1, 0.15) is 72.4 Å². The Morgan fingerprint density at radius 1 is 0.260 bits per heavy atom. The summed E-state index contributed by atoms with van der Waals surface area (Å²) in [5, 5.41) is 47.0. The molecule has 4 heterocycles. The highest BCUT2D eigenvalue weighted by Gasteiger charge is 2.27. The van der Waals surface area contributed by atoms with Crippen molar-refractivity contribution >= 4 is 67.5 Å². The summed E-state index contributed by atoms with van der Waals surface area (Å²) in [5.74, 6) is 5.85. The van der Waals surface area contributed by atoms with Crippen molar-refractivity contribution < 1.29 is 96.4 Å². The molecule has 4 atom stereocenters. The number of methoxy groups -OCH3 is 8. The Balaban J connectivity index is 0.000000167. The molecule has 4 N–H and O–H groups in total.